The first-order valence-electron chi connectivity index (χ1n) is 10.9. The molecule has 0 spiro atoms. The van der Waals surface area contributed by atoms with Gasteiger partial charge in [-0.15, -0.1) is 0 Å². The van der Waals surface area contributed by atoms with Crippen LogP contribution in [-0.2, 0) is 14.4 Å². The molecule has 2 amide bonds. The van der Waals surface area contributed by atoms with Crippen molar-refractivity contribution in [2.45, 2.75) is 19.1 Å². The Balaban J connectivity index is 1.58. The Labute approximate surface area is 195 Å². The van der Waals surface area contributed by atoms with Crippen molar-refractivity contribution in [2.75, 3.05) is 16.6 Å². The highest BCUT2D eigenvalue weighted by molar-refractivity contribution is 6.24. The Hall–Kier alpha value is -4.24. The lowest BCUT2D eigenvalue weighted by Gasteiger charge is -2.28. The van der Waals surface area contributed by atoms with Crippen molar-refractivity contribution in [2.24, 2.45) is 5.92 Å². The number of nitro benzene ring substituents is 1. The lowest BCUT2D eigenvalue weighted by atomic mass is 9.89. The first-order valence-corrected chi connectivity index (χ1v) is 10.9. The van der Waals surface area contributed by atoms with Crippen LogP contribution >= 0.6 is 0 Å². The number of anilines is 2. The van der Waals surface area contributed by atoms with Crippen LogP contribution < -0.4 is 14.7 Å². The summed E-state index contributed by atoms with van der Waals surface area (Å²) in [6.07, 6.45) is -1.11. The zero-order valence-electron chi connectivity index (χ0n) is 18.2. The number of benzene rings is 3. The number of carbonyl (C=O) groups is 2. The Morgan fingerprint density at radius 3 is 2.26 bits per heavy atom. The molecule has 0 aromatic heterocycles. The molecule has 172 valence electrons. The number of nitrogens with zero attached hydrogens (tertiary/aromatic N) is 3. The van der Waals surface area contributed by atoms with Gasteiger partial charge in [-0.3, -0.25) is 24.5 Å². The van der Waals surface area contributed by atoms with E-state index in [-0.39, 0.29) is 5.69 Å². The highest BCUT2D eigenvalue weighted by atomic mass is 16.7. The molecular formula is C25H21N3O6. The van der Waals surface area contributed by atoms with Gasteiger partial charge in [0.15, 0.2) is 6.10 Å². The Morgan fingerprint density at radius 1 is 0.912 bits per heavy atom. The van der Waals surface area contributed by atoms with Gasteiger partial charge in [-0.05, 0) is 49.4 Å². The van der Waals surface area contributed by atoms with Crippen molar-refractivity contribution >= 4 is 28.9 Å². The average Bonchev–Trinajstić information content (AvgIpc) is 3.36. The summed E-state index contributed by atoms with van der Waals surface area (Å²) in [4.78, 5) is 45.5. The van der Waals surface area contributed by atoms with Crippen LogP contribution in [0.25, 0.3) is 0 Å². The van der Waals surface area contributed by atoms with Gasteiger partial charge in [-0.2, -0.15) is 0 Å². The lowest BCUT2D eigenvalue weighted by molar-refractivity contribution is -0.385. The normalized spacial score (nSPS) is 21.6. The average molecular weight is 459 g/mol. The van der Waals surface area contributed by atoms with E-state index in [1.54, 1.807) is 66.7 Å². The predicted molar refractivity (Wildman–Crippen MR) is 123 cm³/mol. The van der Waals surface area contributed by atoms with Gasteiger partial charge < -0.3 is 4.74 Å². The number of imide groups is 1. The third-order valence-corrected chi connectivity index (χ3v) is 5.98. The molecule has 0 saturated carbocycles. The molecule has 2 heterocycles. The van der Waals surface area contributed by atoms with E-state index in [1.807, 2.05) is 13.0 Å². The van der Waals surface area contributed by atoms with Crippen LogP contribution in [0.3, 0.4) is 0 Å². The van der Waals surface area contributed by atoms with E-state index >= 15 is 0 Å². The summed E-state index contributed by atoms with van der Waals surface area (Å²) in [7, 11) is 0. The van der Waals surface area contributed by atoms with Crippen molar-refractivity contribution in [3.8, 4) is 5.75 Å². The Bertz CT molecular complexity index is 1250. The monoisotopic (exact) mass is 459 g/mol. The van der Waals surface area contributed by atoms with Crippen molar-refractivity contribution in [1.29, 1.82) is 0 Å². The van der Waals surface area contributed by atoms with Gasteiger partial charge in [0.2, 0.25) is 5.91 Å². The van der Waals surface area contributed by atoms with Crippen LogP contribution in [-0.4, -0.2) is 29.4 Å². The zero-order chi connectivity index (χ0) is 23.8. The summed E-state index contributed by atoms with van der Waals surface area (Å²) in [5.41, 5.74) is 1.15. The summed E-state index contributed by atoms with van der Waals surface area (Å²) < 4.78 is 5.44. The van der Waals surface area contributed by atoms with Crippen LogP contribution in [0.2, 0.25) is 0 Å². The Morgan fingerprint density at radius 2 is 1.59 bits per heavy atom. The molecule has 0 N–H and O–H groups in total. The number of amides is 2. The molecule has 2 aliphatic rings. The molecule has 3 aromatic rings. The number of hydrogen-bond acceptors (Lipinski definition) is 7. The molecule has 0 radical (unpaired) electrons. The number of carbonyl (C=O) groups excluding carboxylic acids is 2. The molecule has 2 fully saturated rings. The van der Waals surface area contributed by atoms with Gasteiger partial charge in [-0.1, -0.05) is 30.3 Å². The second-order valence-electron chi connectivity index (χ2n) is 7.91. The number of ether oxygens (including phenoxy) is 1. The maximum atomic E-state index is 13.6. The second kappa shape index (κ2) is 8.60. The molecule has 2 saturated heterocycles. The minimum atomic E-state index is -1.11. The minimum Gasteiger partial charge on any atom is -0.494 e. The molecule has 5 rings (SSSR count). The van der Waals surface area contributed by atoms with Crippen LogP contribution in [0, 0.1) is 16.0 Å². The van der Waals surface area contributed by atoms with Gasteiger partial charge >= 0.3 is 0 Å². The quantitative estimate of drug-likeness (QED) is 0.311. The van der Waals surface area contributed by atoms with Crippen molar-refractivity contribution < 1.29 is 24.1 Å². The van der Waals surface area contributed by atoms with Crippen LogP contribution in [0.1, 0.15) is 18.5 Å². The molecule has 0 unspecified atom stereocenters. The van der Waals surface area contributed by atoms with E-state index in [4.69, 9.17) is 9.57 Å². The summed E-state index contributed by atoms with van der Waals surface area (Å²) in [6.45, 7) is 2.35. The summed E-state index contributed by atoms with van der Waals surface area (Å²) in [6, 6.07) is 20.9. The number of nitro groups is 1. The van der Waals surface area contributed by atoms with Gasteiger partial charge in [-0.25, -0.2) is 9.96 Å². The van der Waals surface area contributed by atoms with E-state index < -0.39 is 34.8 Å². The largest absolute Gasteiger partial charge is 0.494 e. The van der Waals surface area contributed by atoms with E-state index in [9.17, 15) is 19.7 Å². The van der Waals surface area contributed by atoms with Gasteiger partial charge in [0.25, 0.3) is 11.6 Å². The maximum absolute atomic E-state index is 13.6. The highest BCUT2D eigenvalue weighted by Crippen LogP contribution is 2.49. The fourth-order valence-electron chi connectivity index (χ4n) is 4.55. The van der Waals surface area contributed by atoms with E-state index in [1.165, 1.54) is 11.1 Å². The number of para-hydroxylation sites is 2. The van der Waals surface area contributed by atoms with Gasteiger partial charge in [0, 0.05) is 6.07 Å². The van der Waals surface area contributed by atoms with Crippen LogP contribution in [0.5, 0.6) is 5.75 Å². The van der Waals surface area contributed by atoms with Gasteiger partial charge in [0.1, 0.15) is 17.7 Å². The lowest BCUT2D eigenvalue weighted by Crippen LogP contribution is -2.37. The topological polar surface area (TPSA) is 102 Å². The van der Waals surface area contributed by atoms with E-state index in [0.29, 0.717) is 29.3 Å². The van der Waals surface area contributed by atoms with Crippen molar-refractivity contribution in [3.05, 3.63) is 94.5 Å². The van der Waals surface area contributed by atoms with Crippen LogP contribution in [0.15, 0.2) is 78.9 Å². The molecule has 2 aliphatic heterocycles. The first-order chi connectivity index (χ1) is 16.5. The number of rotatable bonds is 6. The fraction of sp³-hybridized carbons (Fsp3) is 0.200. The predicted octanol–water partition coefficient (Wildman–Crippen LogP) is 4.04. The molecule has 9 heteroatoms. The second-order valence-corrected chi connectivity index (χ2v) is 7.91. The maximum Gasteiger partial charge on any atom is 0.274 e. The minimum absolute atomic E-state index is 0.141. The van der Waals surface area contributed by atoms with Crippen molar-refractivity contribution in [1.82, 2.24) is 0 Å². The zero-order valence-corrected chi connectivity index (χ0v) is 18.2. The molecule has 0 bridgehead atoms. The molecular weight excluding hydrogens is 438 g/mol. The summed E-state index contributed by atoms with van der Waals surface area (Å²) in [5, 5.41) is 13.3. The van der Waals surface area contributed by atoms with Crippen molar-refractivity contribution in [3.63, 3.8) is 0 Å². The molecule has 9 nitrogen and oxygen atoms in total. The fourth-order valence-corrected chi connectivity index (χ4v) is 4.55. The van der Waals surface area contributed by atoms with E-state index in [2.05, 4.69) is 0 Å². The summed E-state index contributed by atoms with van der Waals surface area (Å²) >= 11 is 0. The third-order valence-electron chi connectivity index (χ3n) is 5.98. The van der Waals surface area contributed by atoms with Crippen LogP contribution in [0.4, 0.5) is 17.1 Å². The Kier molecular flexibility index (Phi) is 5.46. The molecule has 3 atom stereocenters. The summed E-state index contributed by atoms with van der Waals surface area (Å²) in [5.74, 6) is -1.32. The molecule has 34 heavy (non-hydrogen) atoms. The smallest absolute Gasteiger partial charge is 0.274 e. The molecule has 3 aromatic carbocycles. The number of fused-ring (bicyclic) bond motifs is 1. The first kappa shape index (κ1) is 21.6. The number of hydrogen-bond donors (Lipinski definition) is 0. The van der Waals surface area contributed by atoms with Gasteiger partial charge in [0.05, 0.1) is 28.5 Å². The standard InChI is InChI=1S/C25H21N3O6/c1-2-33-18-14-12-16(13-15-18)26-24(29)21-22(19-10-6-7-11-20(19)28(31)32)27(34-23(21)25(26)30)17-8-4-3-5-9-17/h3-15,21-23H,2H2,1H3/t21-,22-,23-/m0/s1. The SMILES string of the molecule is CCOc1ccc(N2C(=O)[C@@H]3[C@H](ON(c4ccccc4)[C@H]3c3ccccc3[N+](=O)[O-])C2=O)cc1. The molecule has 0 aliphatic carbocycles. The third kappa shape index (κ3) is 3.46. The number of hydroxylamine groups is 1. The van der Waals surface area contributed by atoms with E-state index in [0.717, 1.165) is 4.90 Å². The highest BCUT2D eigenvalue weighted by Gasteiger charge is 2.61.